The summed E-state index contributed by atoms with van der Waals surface area (Å²) in [5.41, 5.74) is 12.4. The van der Waals surface area contributed by atoms with Gasteiger partial charge in [-0.2, -0.15) is 0 Å². The van der Waals surface area contributed by atoms with Crippen LogP contribution in [0.1, 0.15) is 65.2 Å². The van der Waals surface area contributed by atoms with Gasteiger partial charge in [0.1, 0.15) is 6.17 Å². The van der Waals surface area contributed by atoms with E-state index >= 15 is 0 Å². The van der Waals surface area contributed by atoms with Crippen LogP contribution in [0.15, 0.2) is 0 Å². The highest BCUT2D eigenvalue weighted by atomic mass is 19.1. The Morgan fingerprint density at radius 2 is 2.08 bits per heavy atom. The number of halogens is 1. The summed E-state index contributed by atoms with van der Waals surface area (Å²) in [6, 6.07) is -0.0643. The number of piperazine rings is 1. The van der Waals surface area contributed by atoms with Crippen molar-refractivity contribution in [3.8, 4) is 0 Å². The van der Waals surface area contributed by atoms with Crippen LogP contribution in [0, 0.1) is 11.3 Å². The summed E-state index contributed by atoms with van der Waals surface area (Å²) in [5, 5.41) is 9.99. The summed E-state index contributed by atoms with van der Waals surface area (Å²) in [4.78, 5) is 30.8. The first-order valence-corrected chi connectivity index (χ1v) is 14.1. The predicted molar refractivity (Wildman–Crippen MR) is 139 cm³/mol. The number of nitrogens with one attached hydrogen (secondary N) is 3. The molecule has 0 aliphatic carbocycles. The van der Waals surface area contributed by atoms with Crippen molar-refractivity contribution in [1.29, 1.82) is 0 Å². The molecule has 0 bridgehead atoms. The lowest BCUT2D eigenvalue weighted by Gasteiger charge is -2.46. The maximum Gasteiger partial charge on any atom is 0.237 e. The summed E-state index contributed by atoms with van der Waals surface area (Å²) >= 11 is 0. The molecule has 4 heterocycles. The molecule has 4 rings (SSSR count). The molecule has 5 unspecified atom stereocenters. The van der Waals surface area contributed by atoms with Crippen molar-refractivity contribution in [3.05, 3.63) is 0 Å². The maximum atomic E-state index is 14.5. The van der Waals surface area contributed by atoms with Crippen molar-refractivity contribution >= 4 is 11.8 Å². The zero-order valence-electron chi connectivity index (χ0n) is 22.2. The highest BCUT2D eigenvalue weighted by molar-refractivity contribution is 5.81. The number of hydrogen-bond donors (Lipinski definition) is 5. The lowest BCUT2D eigenvalue weighted by molar-refractivity contribution is -0.139. The highest BCUT2D eigenvalue weighted by Crippen LogP contribution is 2.38. The van der Waals surface area contributed by atoms with E-state index in [0.29, 0.717) is 19.5 Å². The predicted octanol–water partition coefficient (Wildman–Crippen LogP) is 0.286. The number of rotatable bonds is 7. The van der Waals surface area contributed by atoms with Crippen LogP contribution in [-0.2, 0) is 9.59 Å². The molecule has 0 spiro atoms. The zero-order valence-corrected chi connectivity index (χ0v) is 22.2. The molecule has 4 aliphatic rings. The van der Waals surface area contributed by atoms with E-state index in [9.17, 15) is 14.0 Å². The van der Waals surface area contributed by atoms with Gasteiger partial charge in [-0.25, -0.2) is 4.39 Å². The van der Waals surface area contributed by atoms with Crippen LogP contribution in [-0.4, -0.2) is 97.4 Å². The minimum absolute atomic E-state index is 0.0686. The second kappa shape index (κ2) is 12.0. The SMILES string of the molecule is CCC[C@]1(C)CCC(F)CNC([C@H](C(=O)NC2CNCCC2N2CC(=O)N3CCCC3C2)C(N)N)C1. The van der Waals surface area contributed by atoms with Crippen LogP contribution in [0.25, 0.3) is 0 Å². The molecule has 0 aromatic heterocycles. The monoisotopic (exact) mass is 509 g/mol. The first-order valence-electron chi connectivity index (χ1n) is 14.1. The minimum atomic E-state index is -0.944. The van der Waals surface area contributed by atoms with Crippen molar-refractivity contribution in [1.82, 2.24) is 25.8 Å². The third kappa shape index (κ3) is 6.38. The molecule has 0 aromatic rings. The van der Waals surface area contributed by atoms with Crippen molar-refractivity contribution in [3.63, 3.8) is 0 Å². The van der Waals surface area contributed by atoms with Crippen LogP contribution in [0.5, 0.6) is 0 Å². The molecule has 36 heavy (non-hydrogen) atoms. The fraction of sp³-hybridized carbons (Fsp3) is 0.923. The molecule has 10 heteroatoms. The molecule has 4 saturated heterocycles. The Kier molecular flexibility index (Phi) is 9.25. The number of alkyl halides is 1. The van der Waals surface area contributed by atoms with Gasteiger partial charge in [-0.15, -0.1) is 0 Å². The third-order valence-electron chi connectivity index (χ3n) is 9.10. The van der Waals surface area contributed by atoms with E-state index in [1.54, 1.807) is 0 Å². The number of hydrogen-bond acceptors (Lipinski definition) is 7. The summed E-state index contributed by atoms with van der Waals surface area (Å²) in [6.07, 6.45) is 5.23. The number of amides is 2. The van der Waals surface area contributed by atoms with Crippen LogP contribution in [0.3, 0.4) is 0 Å². The maximum absolute atomic E-state index is 14.5. The largest absolute Gasteiger partial charge is 0.350 e. The molecule has 9 nitrogen and oxygen atoms in total. The smallest absolute Gasteiger partial charge is 0.237 e. The van der Waals surface area contributed by atoms with Gasteiger partial charge in [0.05, 0.1) is 24.7 Å². The minimum Gasteiger partial charge on any atom is -0.350 e. The van der Waals surface area contributed by atoms with E-state index < -0.39 is 18.3 Å². The average Bonchev–Trinajstić information content (AvgIpc) is 3.30. The Morgan fingerprint density at radius 1 is 1.28 bits per heavy atom. The van der Waals surface area contributed by atoms with Gasteiger partial charge < -0.3 is 32.3 Å². The highest BCUT2D eigenvalue weighted by Gasteiger charge is 2.43. The fourth-order valence-corrected chi connectivity index (χ4v) is 7.22. The van der Waals surface area contributed by atoms with E-state index in [1.807, 2.05) is 4.90 Å². The van der Waals surface area contributed by atoms with Crippen molar-refractivity contribution in [2.45, 2.75) is 102 Å². The fourth-order valence-electron chi connectivity index (χ4n) is 7.22. The number of carbonyl (C=O) groups excluding carboxylic acids is 2. The number of nitrogens with zero attached hydrogens (tertiary/aromatic N) is 2. The van der Waals surface area contributed by atoms with Crippen LogP contribution in [0.2, 0.25) is 0 Å². The normalized spacial score (nSPS) is 37.3. The van der Waals surface area contributed by atoms with Gasteiger partial charge in [0.25, 0.3) is 0 Å². The van der Waals surface area contributed by atoms with Gasteiger partial charge in [-0.3, -0.25) is 14.5 Å². The molecule has 2 amide bonds. The molecule has 0 saturated carbocycles. The molecular formula is C26H48FN7O2. The molecule has 4 fully saturated rings. The van der Waals surface area contributed by atoms with Crippen molar-refractivity contribution < 1.29 is 14.0 Å². The lowest BCUT2D eigenvalue weighted by atomic mass is 9.72. The number of piperidine rings is 1. The number of fused-ring (bicyclic) bond motifs is 1. The summed E-state index contributed by atoms with van der Waals surface area (Å²) < 4.78 is 14.5. The molecule has 206 valence electrons. The van der Waals surface area contributed by atoms with E-state index in [4.69, 9.17) is 11.5 Å². The van der Waals surface area contributed by atoms with Gasteiger partial charge in [0.2, 0.25) is 11.8 Å². The summed E-state index contributed by atoms with van der Waals surface area (Å²) in [6.45, 7) is 8.18. The Morgan fingerprint density at radius 3 is 2.83 bits per heavy atom. The van der Waals surface area contributed by atoms with E-state index in [1.165, 1.54) is 0 Å². The van der Waals surface area contributed by atoms with Gasteiger partial charge in [-0.05, 0) is 56.9 Å². The number of nitrogens with two attached hydrogens (primary N) is 2. The molecule has 7 atom stereocenters. The quantitative estimate of drug-likeness (QED) is 0.312. The van der Waals surface area contributed by atoms with Crippen LogP contribution < -0.4 is 27.4 Å². The van der Waals surface area contributed by atoms with Crippen LogP contribution in [0.4, 0.5) is 4.39 Å². The number of carbonyl (C=O) groups is 2. The Bertz CT molecular complexity index is 771. The van der Waals surface area contributed by atoms with Crippen LogP contribution >= 0.6 is 0 Å². The molecule has 0 radical (unpaired) electrons. The first kappa shape index (κ1) is 27.7. The van der Waals surface area contributed by atoms with Crippen molar-refractivity contribution in [2.75, 3.05) is 39.3 Å². The second-order valence-electron chi connectivity index (χ2n) is 12.0. The average molecular weight is 510 g/mol. The van der Waals surface area contributed by atoms with E-state index in [-0.39, 0.29) is 47.9 Å². The molecule has 7 N–H and O–H groups in total. The Labute approximate surface area is 215 Å². The summed E-state index contributed by atoms with van der Waals surface area (Å²) in [5.74, 6) is -0.645. The Balaban J connectivity index is 1.47. The Hall–Kier alpha value is -1.33. The standard InChI is InChI=1S/C26H48FN7O2/c1-3-8-26(2)9-6-17(27)13-31-19(12-26)23(24(28)29)25(36)32-20-14-30-10-7-21(20)33-15-18-5-4-11-34(18)22(35)16-33/h17-21,23-24,30-31H,3-16,28-29H2,1-2H3,(H,32,36)/t17?,18?,19?,20?,21?,23-,26+/m0/s1. The van der Waals surface area contributed by atoms with Gasteiger partial charge in [0.15, 0.2) is 0 Å². The zero-order chi connectivity index (χ0) is 25.9. The first-order chi connectivity index (χ1) is 17.2. The lowest BCUT2D eigenvalue weighted by Crippen LogP contribution is -2.66. The van der Waals surface area contributed by atoms with Gasteiger partial charge >= 0.3 is 0 Å². The van der Waals surface area contributed by atoms with Gasteiger partial charge in [0, 0.05) is 44.3 Å². The topological polar surface area (TPSA) is 129 Å². The molecule has 0 aromatic carbocycles. The van der Waals surface area contributed by atoms with E-state index in [2.05, 4.69) is 34.7 Å². The molecular weight excluding hydrogens is 461 g/mol. The summed E-state index contributed by atoms with van der Waals surface area (Å²) in [7, 11) is 0. The second-order valence-corrected chi connectivity index (χ2v) is 12.0. The van der Waals surface area contributed by atoms with Crippen molar-refractivity contribution in [2.24, 2.45) is 22.8 Å². The van der Waals surface area contributed by atoms with Gasteiger partial charge in [-0.1, -0.05) is 20.3 Å². The third-order valence-corrected chi connectivity index (χ3v) is 9.10. The van der Waals surface area contributed by atoms with E-state index in [0.717, 1.165) is 64.6 Å². The molecule has 4 aliphatic heterocycles.